The van der Waals surface area contributed by atoms with E-state index in [1.54, 1.807) is 12.1 Å². The molecule has 9 nitrogen and oxygen atoms in total. The van der Waals surface area contributed by atoms with E-state index in [-0.39, 0.29) is 30.1 Å². The molecule has 2 N–H and O–H groups in total. The van der Waals surface area contributed by atoms with Crippen LogP contribution in [0.4, 0.5) is 22.4 Å². The van der Waals surface area contributed by atoms with Crippen molar-refractivity contribution in [2.45, 2.75) is 24.7 Å². The molecule has 40 heavy (non-hydrogen) atoms. The number of phenolic OH excluding ortho intramolecular Hbond substituents is 1. The number of rotatable bonds is 6. The van der Waals surface area contributed by atoms with E-state index in [1.807, 2.05) is 0 Å². The first kappa shape index (κ1) is 26.4. The number of amides is 3. The van der Waals surface area contributed by atoms with E-state index in [2.05, 4.69) is 9.88 Å². The number of aromatic hydroxyl groups is 1. The van der Waals surface area contributed by atoms with Crippen molar-refractivity contribution < 1.29 is 41.7 Å². The minimum Gasteiger partial charge on any atom is -0.508 e. The summed E-state index contributed by atoms with van der Waals surface area (Å²) in [4.78, 5) is 35.3. The molecule has 0 spiro atoms. The van der Waals surface area contributed by atoms with Gasteiger partial charge in [-0.1, -0.05) is 12.1 Å². The monoisotopic (exact) mass is 562 g/mol. The summed E-state index contributed by atoms with van der Waals surface area (Å²) in [6, 6.07) is 6.30. The van der Waals surface area contributed by atoms with Crippen LogP contribution in [0.15, 0.2) is 36.4 Å². The molecule has 0 radical (unpaired) electrons. The number of alkyl halides is 3. The Morgan fingerprint density at radius 1 is 1.10 bits per heavy atom. The molecule has 4 heterocycles. The topological polar surface area (TPSA) is 98.3 Å². The van der Waals surface area contributed by atoms with Gasteiger partial charge in [0.25, 0.3) is 5.91 Å². The maximum atomic E-state index is 14.7. The highest BCUT2D eigenvalue weighted by Gasteiger charge is 2.52. The summed E-state index contributed by atoms with van der Waals surface area (Å²) in [5.41, 5.74) is 1.86. The van der Waals surface area contributed by atoms with Crippen molar-refractivity contribution in [1.29, 1.82) is 0 Å². The van der Waals surface area contributed by atoms with E-state index in [0.717, 1.165) is 6.07 Å². The number of ether oxygens (including phenoxy) is 2. The van der Waals surface area contributed by atoms with Crippen molar-refractivity contribution in [1.82, 2.24) is 19.7 Å². The Morgan fingerprint density at radius 2 is 1.88 bits per heavy atom. The van der Waals surface area contributed by atoms with Crippen LogP contribution in [0.25, 0.3) is 10.9 Å². The number of urea groups is 1. The van der Waals surface area contributed by atoms with Gasteiger partial charge in [-0.2, -0.15) is 13.2 Å². The lowest BCUT2D eigenvalue weighted by Gasteiger charge is -2.36. The Morgan fingerprint density at radius 3 is 2.60 bits per heavy atom. The maximum Gasteiger partial charge on any atom is 0.422 e. The molecule has 2 unspecified atom stereocenters. The zero-order valence-corrected chi connectivity index (χ0v) is 21.2. The number of carbonyl (C=O) groups excluding carboxylic acids is 2. The zero-order chi connectivity index (χ0) is 28.2. The highest BCUT2D eigenvalue weighted by Crippen LogP contribution is 2.45. The van der Waals surface area contributed by atoms with Gasteiger partial charge in [-0.15, -0.1) is 0 Å². The lowest BCUT2D eigenvalue weighted by atomic mass is 9.88. The van der Waals surface area contributed by atoms with Crippen LogP contribution in [0.1, 0.15) is 22.9 Å². The first-order chi connectivity index (χ1) is 19.1. The predicted octanol–water partition coefficient (Wildman–Crippen LogP) is 3.56. The number of fused-ring (bicyclic) bond motifs is 4. The summed E-state index contributed by atoms with van der Waals surface area (Å²) in [6.45, 7) is 1.57. The van der Waals surface area contributed by atoms with E-state index in [1.165, 1.54) is 28.0 Å². The number of benzene rings is 2. The molecule has 3 aromatic rings. The normalized spacial score (nSPS) is 21.7. The van der Waals surface area contributed by atoms with E-state index < -0.39 is 42.5 Å². The minimum absolute atomic E-state index is 0.0479. The number of carbonyl (C=O) groups is 2. The third kappa shape index (κ3) is 4.73. The summed E-state index contributed by atoms with van der Waals surface area (Å²) in [6.07, 6.45) is -4.57. The Balaban J connectivity index is 1.39. The fraction of sp³-hybridized carbons (Fsp3) is 0.407. The number of hydrogen-bond donors (Lipinski definition) is 2. The molecule has 1 aromatic heterocycles. The first-order valence-electron chi connectivity index (χ1n) is 12.9. The van der Waals surface area contributed by atoms with Crippen LogP contribution in [0.3, 0.4) is 0 Å². The van der Waals surface area contributed by atoms with Gasteiger partial charge in [-0.25, -0.2) is 9.18 Å². The molecule has 6 rings (SSSR count). The largest absolute Gasteiger partial charge is 0.508 e. The predicted molar refractivity (Wildman–Crippen MR) is 133 cm³/mol. The fourth-order valence-electron chi connectivity index (χ4n) is 5.76. The quantitative estimate of drug-likeness (QED) is 0.352. The number of halogens is 4. The van der Waals surface area contributed by atoms with Gasteiger partial charge < -0.3 is 19.6 Å². The number of nitrogens with one attached hydrogen (secondary N) is 1. The zero-order valence-electron chi connectivity index (χ0n) is 21.2. The molecule has 13 heteroatoms. The maximum absolute atomic E-state index is 14.7. The third-order valence-corrected chi connectivity index (χ3v) is 7.60. The second-order valence-corrected chi connectivity index (χ2v) is 10.1. The minimum atomic E-state index is -4.65. The number of imide groups is 1. The lowest BCUT2D eigenvalue weighted by molar-refractivity contribution is -0.153. The Bertz CT molecular complexity index is 1470. The van der Waals surface area contributed by atoms with Crippen molar-refractivity contribution >= 4 is 22.8 Å². The number of morpholine rings is 1. The molecule has 2 fully saturated rings. The van der Waals surface area contributed by atoms with Crippen LogP contribution in [0.5, 0.6) is 11.5 Å². The molecular weight excluding hydrogens is 536 g/mol. The first-order valence-corrected chi connectivity index (χ1v) is 12.9. The van der Waals surface area contributed by atoms with Crippen molar-refractivity contribution in [3.63, 3.8) is 0 Å². The summed E-state index contributed by atoms with van der Waals surface area (Å²) < 4.78 is 63.0. The molecule has 0 saturated carbocycles. The van der Waals surface area contributed by atoms with Crippen molar-refractivity contribution in [3.05, 3.63) is 59.0 Å². The molecule has 3 aliphatic rings. The summed E-state index contributed by atoms with van der Waals surface area (Å²) >= 11 is 0. The third-order valence-electron chi connectivity index (χ3n) is 7.60. The van der Waals surface area contributed by atoms with Gasteiger partial charge >= 0.3 is 12.2 Å². The van der Waals surface area contributed by atoms with E-state index in [9.17, 15) is 32.3 Å². The van der Waals surface area contributed by atoms with Crippen LogP contribution in [-0.2, 0) is 16.0 Å². The molecule has 2 aromatic carbocycles. The fourth-order valence-corrected chi connectivity index (χ4v) is 5.76. The standard InChI is InChI=1S/C27H26F4N4O5/c28-19-13-20-17(12-22(19)40-14-27(29,30)31)18-11-21-25(37)34(5-4-33-6-8-39-9-7-33)26(38)35(21)24(23(18)32-20)15-2-1-3-16(36)10-15/h1-3,10,12-13,21,24,32,36H,4-9,11,14H2. The van der Waals surface area contributed by atoms with Crippen LogP contribution in [0, 0.1) is 5.82 Å². The van der Waals surface area contributed by atoms with E-state index in [0.29, 0.717) is 55.1 Å². The number of aromatic amines is 1. The van der Waals surface area contributed by atoms with Crippen molar-refractivity contribution in [3.8, 4) is 11.5 Å². The van der Waals surface area contributed by atoms with Crippen molar-refractivity contribution in [2.24, 2.45) is 0 Å². The number of phenols is 1. The van der Waals surface area contributed by atoms with E-state index >= 15 is 0 Å². The number of nitrogens with zero attached hydrogens (tertiary/aromatic N) is 3. The van der Waals surface area contributed by atoms with Crippen LogP contribution >= 0.6 is 0 Å². The Labute approximate surface area is 225 Å². The van der Waals surface area contributed by atoms with Gasteiger partial charge in [-0.3, -0.25) is 19.5 Å². The average molecular weight is 563 g/mol. The summed E-state index contributed by atoms with van der Waals surface area (Å²) in [5.74, 6) is -1.98. The Kier molecular flexibility index (Phi) is 6.57. The number of H-pyrrole nitrogens is 1. The summed E-state index contributed by atoms with van der Waals surface area (Å²) in [7, 11) is 0. The number of aromatic nitrogens is 1. The molecule has 0 aliphatic carbocycles. The van der Waals surface area contributed by atoms with Gasteiger partial charge in [-0.05, 0) is 29.3 Å². The van der Waals surface area contributed by atoms with Crippen LogP contribution < -0.4 is 4.74 Å². The van der Waals surface area contributed by atoms with Crippen LogP contribution in [-0.4, -0.2) is 94.9 Å². The van der Waals surface area contributed by atoms with Gasteiger partial charge in [0.15, 0.2) is 18.2 Å². The smallest absolute Gasteiger partial charge is 0.422 e. The second kappa shape index (κ2) is 9.97. The van der Waals surface area contributed by atoms with E-state index in [4.69, 9.17) is 9.47 Å². The second-order valence-electron chi connectivity index (χ2n) is 10.1. The molecule has 3 amide bonds. The summed E-state index contributed by atoms with van der Waals surface area (Å²) in [5, 5.41) is 10.6. The van der Waals surface area contributed by atoms with Gasteiger partial charge in [0.2, 0.25) is 0 Å². The van der Waals surface area contributed by atoms with Gasteiger partial charge in [0, 0.05) is 55.3 Å². The average Bonchev–Trinajstić information content (AvgIpc) is 3.38. The molecule has 2 saturated heterocycles. The highest BCUT2D eigenvalue weighted by molar-refractivity contribution is 6.05. The molecule has 2 atom stereocenters. The molecule has 0 bridgehead atoms. The van der Waals surface area contributed by atoms with Gasteiger partial charge in [0.1, 0.15) is 17.8 Å². The highest BCUT2D eigenvalue weighted by atomic mass is 19.4. The van der Waals surface area contributed by atoms with Crippen molar-refractivity contribution in [2.75, 3.05) is 46.0 Å². The lowest BCUT2D eigenvalue weighted by Crippen LogP contribution is -2.44. The Hall–Kier alpha value is -3.84. The number of hydrogen-bond acceptors (Lipinski definition) is 6. The molecule has 3 aliphatic heterocycles. The SMILES string of the molecule is O=C1C2Cc3c([nH]c4cc(F)c(OCC(F)(F)F)cc34)C(c3cccc(O)c3)N2C(=O)N1CCN1CCOCC1. The van der Waals surface area contributed by atoms with Gasteiger partial charge in [0.05, 0.1) is 13.2 Å². The molecule has 212 valence electrons. The molecular formula is C27H26F4N4O5. The van der Waals surface area contributed by atoms with Crippen LogP contribution in [0.2, 0.25) is 0 Å².